The van der Waals surface area contributed by atoms with Crippen LogP contribution in [0.25, 0.3) is 0 Å². The lowest BCUT2D eigenvalue weighted by Gasteiger charge is -2.27. The molecule has 1 unspecified atom stereocenters. The average molecular weight is 289 g/mol. The Morgan fingerprint density at radius 3 is 2.69 bits per heavy atom. The largest absolute Gasteiger partial charge is 0.372 e. The molecule has 0 aliphatic rings. The van der Waals surface area contributed by atoms with Crippen molar-refractivity contribution in [2.45, 2.75) is 12.5 Å². The van der Waals surface area contributed by atoms with E-state index in [2.05, 4.69) is 15.9 Å². The summed E-state index contributed by atoms with van der Waals surface area (Å²) in [6.07, 6.45) is 0. The molecule has 1 atom stereocenters. The highest BCUT2D eigenvalue weighted by Gasteiger charge is 2.30. The predicted octanol–water partition coefficient (Wildman–Crippen LogP) is 2.18. The minimum absolute atomic E-state index is 0.00854. The molecule has 0 aliphatic carbocycles. The third kappa shape index (κ3) is 2.23. The first-order chi connectivity index (χ1) is 7.46. The van der Waals surface area contributed by atoms with Gasteiger partial charge in [-0.1, -0.05) is 12.1 Å². The summed E-state index contributed by atoms with van der Waals surface area (Å²) in [7, 11) is 1.53. The minimum Gasteiger partial charge on any atom is -0.372 e. The predicted molar refractivity (Wildman–Crippen MR) is 64.2 cm³/mol. The molecule has 88 valence electrons. The van der Waals surface area contributed by atoms with Crippen molar-refractivity contribution >= 4 is 21.6 Å². The molecule has 5 nitrogen and oxygen atoms in total. The molecule has 1 rings (SSSR count). The Hall–Kier alpha value is -0.980. The summed E-state index contributed by atoms with van der Waals surface area (Å²) in [5.41, 5.74) is 5.58. The molecular weight excluding hydrogens is 276 g/mol. The van der Waals surface area contributed by atoms with Crippen LogP contribution >= 0.6 is 15.9 Å². The third-order valence-corrected chi connectivity index (χ3v) is 3.42. The molecule has 0 saturated heterocycles. The fraction of sp³-hybridized carbons (Fsp3) is 0.400. The molecule has 1 aromatic carbocycles. The summed E-state index contributed by atoms with van der Waals surface area (Å²) < 4.78 is 5.72. The summed E-state index contributed by atoms with van der Waals surface area (Å²) >= 11 is 3.22. The SMILES string of the molecule is COC(C)(CN)c1cccc([N+](=O)[O-])c1Br. The van der Waals surface area contributed by atoms with E-state index in [0.717, 1.165) is 0 Å². The number of nitrogens with two attached hydrogens (primary N) is 1. The number of ether oxygens (including phenoxy) is 1. The molecule has 16 heavy (non-hydrogen) atoms. The van der Waals surface area contributed by atoms with Gasteiger partial charge in [0.2, 0.25) is 0 Å². The fourth-order valence-corrected chi connectivity index (χ4v) is 2.20. The van der Waals surface area contributed by atoms with Crippen molar-refractivity contribution < 1.29 is 9.66 Å². The minimum atomic E-state index is -0.731. The Morgan fingerprint density at radius 2 is 2.25 bits per heavy atom. The van der Waals surface area contributed by atoms with E-state index in [0.29, 0.717) is 10.0 Å². The highest BCUT2D eigenvalue weighted by molar-refractivity contribution is 9.10. The maximum absolute atomic E-state index is 10.8. The Kier molecular flexibility index (Phi) is 4.01. The van der Waals surface area contributed by atoms with Gasteiger partial charge in [0.25, 0.3) is 5.69 Å². The Bertz CT molecular complexity index is 405. The second kappa shape index (κ2) is 4.90. The van der Waals surface area contributed by atoms with E-state index in [1.807, 2.05) is 0 Å². The van der Waals surface area contributed by atoms with E-state index in [4.69, 9.17) is 10.5 Å². The van der Waals surface area contributed by atoms with Crippen LogP contribution in [-0.2, 0) is 10.3 Å². The van der Waals surface area contributed by atoms with Crippen molar-refractivity contribution in [3.8, 4) is 0 Å². The van der Waals surface area contributed by atoms with Gasteiger partial charge < -0.3 is 10.5 Å². The van der Waals surface area contributed by atoms with E-state index < -0.39 is 10.5 Å². The normalized spacial score (nSPS) is 14.5. The van der Waals surface area contributed by atoms with Gasteiger partial charge in [0.1, 0.15) is 10.1 Å². The lowest BCUT2D eigenvalue weighted by Crippen LogP contribution is -2.34. The van der Waals surface area contributed by atoms with Gasteiger partial charge in [-0.05, 0) is 22.9 Å². The van der Waals surface area contributed by atoms with E-state index in [-0.39, 0.29) is 12.2 Å². The molecule has 0 amide bonds. The first-order valence-corrected chi connectivity index (χ1v) is 5.44. The number of benzene rings is 1. The van der Waals surface area contributed by atoms with Crippen molar-refractivity contribution in [1.29, 1.82) is 0 Å². The van der Waals surface area contributed by atoms with Gasteiger partial charge in [-0.15, -0.1) is 0 Å². The average Bonchev–Trinajstić information content (AvgIpc) is 2.28. The standard InChI is InChI=1S/C10H13BrN2O3/c1-10(6-12,16-2)7-4-3-5-8(9(7)11)13(14)15/h3-5H,6,12H2,1-2H3. The maximum Gasteiger partial charge on any atom is 0.283 e. The summed E-state index contributed by atoms with van der Waals surface area (Å²) in [5.74, 6) is 0. The van der Waals surface area contributed by atoms with Crippen LogP contribution < -0.4 is 5.73 Å². The van der Waals surface area contributed by atoms with Crippen LogP contribution in [-0.4, -0.2) is 18.6 Å². The van der Waals surface area contributed by atoms with Gasteiger partial charge in [0.05, 0.1) is 4.92 Å². The molecule has 0 heterocycles. The summed E-state index contributed by atoms with van der Waals surface area (Å²) in [6.45, 7) is 2.03. The zero-order chi connectivity index (χ0) is 12.3. The van der Waals surface area contributed by atoms with Crippen molar-refractivity contribution in [2.75, 3.05) is 13.7 Å². The number of nitro benzene ring substituents is 1. The van der Waals surface area contributed by atoms with E-state index >= 15 is 0 Å². The number of halogens is 1. The molecule has 0 radical (unpaired) electrons. The van der Waals surface area contributed by atoms with Gasteiger partial charge in [0.15, 0.2) is 0 Å². The van der Waals surface area contributed by atoms with Gasteiger partial charge in [0, 0.05) is 25.3 Å². The molecule has 1 aromatic rings. The van der Waals surface area contributed by atoms with Crippen LogP contribution in [0.2, 0.25) is 0 Å². The lowest BCUT2D eigenvalue weighted by atomic mass is 9.95. The molecule has 0 fully saturated rings. The third-order valence-electron chi connectivity index (χ3n) is 2.58. The van der Waals surface area contributed by atoms with Crippen LogP contribution in [0.5, 0.6) is 0 Å². The van der Waals surface area contributed by atoms with Crippen LogP contribution in [0.3, 0.4) is 0 Å². The number of hydrogen-bond acceptors (Lipinski definition) is 4. The van der Waals surface area contributed by atoms with Gasteiger partial charge in [-0.2, -0.15) is 0 Å². The molecule has 2 N–H and O–H groups in total. The quantitative estimate of drug-likeness (QED) is 0.680. The van der Waals surface area contributed by atoms with Gasteiger partial charge in [-0.3, -0.25) is 10.1 Å². The van der Waals surface area contributed by atoms with Crippen LogP contribution in [0.1, 0.15) is 12.5 Å². The zero-order valence-corrected chi connectivity index (χ0v) is 10.7. The number of nitro groups is 1. The number of rotatable bonds is 4. The number of methoxy groups -OCH3 is 1. The van der Waals surface area contributed by atoms with E-state index in [9.17, 15) is 10.1 Å². The molecule has 0 bridgehead atoms. The molecular formula is C10H13BrN2O3. The molecule has 0 aliphatic heterocycles. The van der Waals surface area contributed by atoms with Crippen LogP contribution in [0, 0.1) is 10.1 Å². The number of nitrogens with zero attached hydrogens (tertiary/aromatic N) is 1. The van der Waals surface area contributed by atoms with E-state index in [1.165, 1.54) is 13.2 Å². The maximum atomic E-state index is 10.8. The summed E-state index contributed by atoms with van der Waals surface area (Å²) in [6, 6.07) is 4.80. The molecule has 0 aromatic heterocycles. The van der Waals surface area contributed by atoms with Crippen LogP contribution in [0.15, 0.2) is 22.7 Å². The number of hydrogen-bond donors (Lipinski definition) is 1. The Labute approximate surface area is 102 Å². The van der Waals surface area contributed by atoms with Gasteiger partial charge >= 0.3 is 0 Å². The first-order valence-electron chi connectivity index (χ1n) is 4.65. The second-order valence-electron chi connectivity index (χ2n) is 3.53. The lowest BCUT2D eigenvalue weighted by molar-refractivity contribution is -0.385. The Balaban J connectivity index is 3.35. The van der Waals surface area contributed by atoms with Crippen molar-refractivity contribution in [1.82, 2.24) is 0 Å². The van der Waals surface area contributed by atoms with Crippen LogP contribution in [0.4, 0.5) is 5.69 Å². The fourth-order valence-electron chi connectivity index (χ4n) is 1.37. The van der Waals surface area contributed by atoms with Crippen molar-refractivity contribution in [2.24, 2.45) is 5.73 Å². The second-order valence-corrected chi connectivity index (χ2v) is 4.33. The van der Waals surface area contributed by atoms with E-state index in [1.54, 1.807) is 19.1 Å². The summed E-state index contributed by atoms with van der Waals surface area (Å²) in [4.78, 5) is 10.3. The highest BCUT2D eigenvalue weighted by atomic mass is 79.9. The van der Waals surface area contributed by atoms with Crippen molar-refractivity contribution in [3.05, 3.63) is 38.3 Å². The zero-order valence-electron chi connectivity index (χ0n) is 9.07. The monoisotopic (exact) mass is 288 g/mol. The molecule has 0 saturated carbocycles. The first kappa shape index (κ1) is 13.1. The smallest absolute Gasteiger partial charge is 0.283 e. The summed E-state index contributed by atoms with van der Waals surface area (Å²) in [5, 5.41) is 10.8. The highest BCUT2D eigenvalue weighted by Crippen LogP contribution is 2.36. The Morgan fingerprint density at radius 1 is 1.62 bits per heavy atom. The topological polar surface area (TPSA) is 78.4 Å². The van der Waals surface area contributed by atoms with Crippen molar-refractivity contribution in [3.63, 3.8) is 0 Å². The molecule has 0 spiro atoms. The molecule has 6 heteroatoms. The van der Waals surface area contributed by atoms with Gasteiger partial charge in [-0.25, -0.2) is 0 Å².